The summed E-state index contributed by atoms with van der Waals surface area (Å²) in [6.45, 7) is 4.91. The molecule has 3 aromatic rings. The van der Waals surface area contributed by atoms with Gasteiger partial charge in [0.15, 0.2) is 0 Å². The number of nitrogens with two attached hydrogens (primary N) is 1. The molecule has 0 bridgehead atoms. The Morgan fingerprint density at radius 1 is 1.00 bits per heavy atom. The molecule has 2 heterocycles. The highest BCUT2D eigenvalue weighted by Gasteiger charge is 2.40. The summed E-state index contributed by atoms with van der Waals surface area (Å²) in [5.74, 6) is -1.45. The van der Waals surface area contributed by atoms with E-state index >= 15 is 0 Å². The first kappa shape index (κ1) is 26.1. The predicted molar refractivity (Wildman–Crippen MR) is 149 cm³/mol. The van der Waals surface area contributed by atoms with E-state index in [0.29, 0.717) is 31.6 Å². The van der Waals surface area contributed by atoms with Crippen LogP contribution in [-0.4, -0.2) is 48.7 Å². The van der Waals surface area contributed by atoms with Crippen LogP contribution in [0.5, 0.6) is 0 Å². The van der Waals surface area contributed by atoms with Crippen LogP contribution in [0.25, 0.3) is 10.8 Å². The van der Waals surface area contributed by atoms with Crippen LogP contribution in [0, 0.1) is 11.8 Å². The van der Waals surface area contributed by atoms with Gasteiger partial charge in [0.2, 0.25) is 5.91 Å². The molecule has 0 radical (unpaired) electrons. The van der Waals surface area contributed by atoms with Gasteiger partial charge in [0.25, 0.3) is 5.91 Å². The van der Waals surface area contributed by atoms with Crippen molar-refractivity contribution < 1.29 is 14.4 Å². The second-order valence-electron chi connectivity index (χ2n) is 10.4. The van der Waals surface area contributed by atoms with Crippen molar-refractivity contribution in [3.05, 3.63) is 82.9 Å². The van der Waals surface area contributed by atoms with E-state index in [4.69, 9.17) is 5.73 Å². The summed E-state index contributed by atoms with van der Waals surface area (Å²) in [5.41, 5.74) is 10.3. The van der Waals surface area contributed by atoms with E-state index in [9.17, 15) is 14.4 Å². The molecule has 3 aromatic carbocycles. The highest BCUT2D eigenvalue weighted by Crippen LogP contribution is 2.32. The van der Waals surface area contributed by atoms with Crippen LogP contribution in [-0.2, 0) is 22.6 Å². The number of piperidine rings is 1. The molecule has 5 rings (SSSR count). The number of nitrogens with zero attached hydrogens (tertiary/aromatic N) is 1. The zero-order valence-electron chi connectivity index (χ0n) is 21.9. The summed E-state index contributed by atoms with van der Waals surface area (Å²) in [7, 11) is 0. The van der Waals surface area contributed by atoms with Gasteiger partial charge in [0.05, 0.1) is 0 Å². The number of rotatable bonds is 7. The van der Waals surface area contributed by atoms with Gasteiger partial charge in [0.1, 0.15) is 11.7 Å². The largest absolute Gasteiger partial charge is 0.352 e. The van der Waals surface area contributed by atoms with E-state index < -0.39 is 12.0 Å². The molecule has 0 aliphatic carbocycles. The number of amides is 2. The van der Waals surface area contributed by atoms with Crippen molar-refractivity contribution >= 4 is 28.4 Å². The normalized spacial score (nSPS) is 17.5. The van der Waals surface area contributed by atoms with Crippen molar-refractivity contribution in [3.63, 3.8) is 0 Å². The number of hydrogen-bond donors (Lipinski definition) is 3. The zero-order chi connectivity index (χ0) is 26.6. The molecule has 1 unspecified atom stereocenters. The lowest BCUT2D eigenvalue weighted by molar-refractivity contribution is -0.145. The first-order chi connectivity index (χ1) is 18.5. The molecule has 7 heteroatoms. The Morgan fingerprint density at radius 3 is 2.53 bits per heavy atom. The fourth-order valence-electron chi connectivity index (χ4n) is 5.76. The molecule has 7 nitrogen and oxygen atoms in total. The van der Waals surface area contributed by atoms with Crippen LogP contribution < -0.4 is 16.4 Å². The average Bonchev–Trinajstić information content (AvgIpc) is 2.96. The molecule has 2 amide bonds. The molecule has 0 saturated carbocycles. The van der Waals surface area contributed by atoms with Crippen LogP contribution >= 0.6 is 0 Å². The number of carbonyl (C=O) groups is 3. The Morgan fingerprint density at radius 2 is 1.76 bits per heavy atom. The van der Waals surface area contributed by atoms with E-state index in [1.807, 2.05) is 61.5 Å². The molecule has 2 aliphatic heterocycles. The Kier molecular flexibility index (Phi) is 7.86. The maximum Gasteiger partial charge on any atom is 0.251 e. The second kappa shape index (κ2) is 11.5. The maximum atomic E-state index is 14.1. The number of Topliss-reactive ketones (excluding diaryl/α,β-unsaturated/α-hetero) is 1. The Bertz CT molecular complexity index is 1350. The first-order valence-corrected chi connectivity index (χ1v) is 13.6. The minimum atomic E-state index is -0.935. The summed E-state index contributed by atoms with van der Waals surface area (Å²) in [5, 5.41) is 8.27. The van der Waals surface area contributed by atoms with E-state index in [0.717, 1.165) is 53.4 Å². The van der Waals surface area contributed by atoms with E-state index in [1.165, 1.54) is 0 Å². The zero-order valence-corrected chi connectivity index (χ0v) is 21.9. The van der Waals surface area contributed by atoms with Crippen LogP contribution in [0.2, 0.25) is 0 Å². The molecule has 0 aromatic heterocycles. The second-order valence-corrected chi connectivity index (χ2v) is 10.4. The number of ketones is 1. The SMILES string of the molecule is CCNC(=O)c1ccc2c(c1)CCN(C(=O)[C@@H](C(=O)C1CCNCC1)C(N)c1ccc3ccccc3c1)C2. The molecule has 4 N–H and O–H groups in total. The molecule has 38 heavy (non-hydrogen) atoms. The number of nitrogens with one attached hydrogen (secondary N) is 2. The highest BCUT2D eigenvalue weighted by atomic mass is 16.2. The summed E-state index contributed by atoms with van der Waals surface area (Å²) in [6.07, 6.45) is 2.07. The molecular weight excluding hydrogens is 476 g/mol. The van der Waals surface area contributed by atoms with Crippen LogP contribution in [0.4, 0.5) is 0 Å². The Balaban J connectivity index is 1.42. The van der Waals surface area contributed by atoms with Gasteiger partial charge in [-0.05, 0) is 84.9 Å². The van der Waals surface area contributed by atoms with Gasteiger partial charge in [0, 0.05) is 37.2 Å². The van der Waals surface area contributed by atoms with Gasteiger partial charge in [-0.15, -0.1) is 0 Å². The standard InChI is InChI=1S/C31H36N4O3/c1-2-34-30(37)25-9-10-26-19-35(16-13-23(26)18-25)31(38)27(29(36)21-11-14-33-15-12-21)28(32)24-8-7-20-5-3-4-6-22(20)17-24/h3-10,17-18,21,27-28,33H,2,11-16,19,32H2,1H3,(H,34,37)/t27-,28?/m1/s1. The molecule has 1 saturated heterocycles. The van der Waals surface area contributed by atoms with Crippen molar-refractivity contribution in [2.75, 3.05) is 26.2 Å². The Labute approximate surface area is 223 Å². The number of benzene rings is 3. The quantitative estimate of drug-likeness (QED) is 0.421. The fraction of sp³-hybridized carbons (Fsp3) is 0.387. The van der Waals surface area contributed by atoms with E-state index in [-0.39, 0.29) is 23.5 Å². The van der Waals surface area contributed by atoms with Crippen LogP contribution in [0.3, 0.4) is 0 Å². The third-order valence-electron chi connectivity index (χ3n) is 7.96. The summed E-state index contributed by atoms with van der Waals surface area (Å²) in [4.78, 5) is 42.0. The molecular formula is C31H36N4O3. The highest BCUT2D eigenvalue weighted by molar-refractivity contribution is 6.03. The van der Waals surface area contributed by atoms with Gasteiger partial charge < -0.3 is 21.3 Å². The lowest BCUT2D eigenvalue weighted by Crippen LogP contribution is -2.48. The lowest BCUT2D eigenvalue weighted by atomic mass is 9.79. The average molecular weight is 513 g/mol. The van der Waals surface area contributed by atoms with E-state index in [1.54, 1.807) is 11.0 Å². The first-order valence-electron chi connectivity index (χ1n) is 13.6. The Hall–Kier alpha value is -3.55. The van der Waals surface area contributed by atoms with Crippen molar-refractivity contribution in [1.29, 1.82) is 0 Å². The minimum Gasteiger partial charge on any atom is -0.352 e. The van der Waals surface area contributed by atoms with Gasteiger partial charge in [-0.3, -0.25) is 14.4 Å². The molecule has 198 valence electrons. The third kappa shape index (κ3) is 5.35. The van der Waals surface area contributed by atoms with Crippen LogP contribution in [0.1, 0.15) is 52.9 Å². The van der Waals surface area contributed by atoms with Crippen LogP contribution in [0.15, 0.2) is 60.7 Å². The summed E-state index contributed by atoms with van der Waals surface area (Å²) >= 11 is 0. The maximum absolute atomic E-state index is 14.1. The lowest BCUT2D eigenvalue weighted by Gasteiger charge is -2.35. The summed E-state index contributed by atoms with van der Waals surface area (Å²) < 4.78 is 0. The number of fused-ring (bicyclic) bond motifs is 2. The molecule has 2 atom stereocenters. The molecule has 1 fully saturated rings. The monoisotopic (exact) mass is 512 g/mol. The van der Waals surface area contributed by atoms with Crippen molar-refractivity contribution in [1.82, 2.24) is 15.5 Å². The minimum absolute atomic E-state index is 0.0467. The van der Waals surface area contributed by atoms with E-state index in [2.05, 4.69) is 10.6 Å². The fourth-order valence-corrected chi connectivity index (χ4v) is 5.76. The van der Waals surface area contributed by atoms with Gasteiger partial charge in [-0.25, -0.2) is 0 Å². The molecule has 2 aliphatic rings. The number of hydrogen-bond acceptors (Lipinski definition) is 5. The molecule has 0 spiro atoms. The van der Waals surface area contributed by atoms with Crippen molar-refractivity contribution in [2.45, 2.75) is 38.8 Å². The third-order valence-corrected chi connectivity index (χ3v) is 7.96. The van der Waals surface area contributed by atoms with Gasteiger partial charge in [-0.1, -0.05) is 42.5 Å². The van der Waals surface area contributed by atoms with Gasteiger partial charge >= 0.3 is 0 Å². The summed E-state index contributed by atoms with van der Waals surface area (Å²) in [6, 6.07) is 18.9. The topological polar surface area (TPSA) is 105 Å². The van der Waals surface area contributed by atoms with Crippen molar-refractivity contribution in [3.8, 4) is 0 Å². The van der Waals surface area contributed by atoms with Gasteiger partial charge in [-0.2, -0.15) is 0 Å². The number of carbonyl (C=O) groups excluding carboxylic acids is 3. The van der Waals surface area contributed by atoms with Crippen molar-refractivity contribution in [2.24, 2.45) is 17.6 Å². The predicted octanol–water partition coefficient (Wildman–Crippen LogP) is 3.36. The smallest absolute Gasteiger partial charge is 0.251 e.